The second-order valence-electron chi connectivity index (χ2n) is 22.9. The van der Waals surface area contributed by atoms with Crippen LogP contribution in [0, 0.1) is 21.2 Å². The largest absolute Gasteiger partial charge is 0.506 e. The number of amides is 2. The van der Waals surface area contributed by atoms with Gasteiger partial charge in [0.15, 0.2) is 15.9 Å². The molecule has 0 saturated carbocycles. The summed E-state index contributed by atoms with van der Waals surface area (Å²) in [5.41, 5.74) is 17.4. The molecule has 6 aromatic carbocycles. The number of hydrogen-bond acceptors (Lipinski definition) is 21. The molecule has 0 bridgehead atoms. The number of ketones is 1. The van der Waals surface area contributed by atoms with Crippen LogP contribution in [0.3, 0.4) is 0 Å². The number of nitrogen functional groups attached to an aromatic ring is 3. The average Bonchev–Trinajstić information content (AvgIpc) is 1.03. The van der Waals surface area contributed by atoms with Gasteiger partial charge in [-0.05, 0) is 227 Å². The van der Waals surface area contributed by atoms with Gasteiger partial charge in [-0.1, -0.05) is 97.7 Å². The zero-order chi connectivity index (χ0) is 75.8. The number of rotatable bonds is 10. The molecular weight excluding hydrogens is 1950 g/mol. The van der Waals surface area contributed by atoms with Crippen LogP contribution in [0.15, 0.2) is 107 Å². The van der Waals surface area contributed by atoms with E-state index in [1.165, 1.54) is 63.5 Å². The Hall–Kier alpha value is -4.29. The van der Waals surface area contributed by atoms with Gasteiger partial charge in [-0.2, -0.15) is 8.42 Å². The number of phenols is 2. The summed E-state index contributed by atoms with van der Waals surface area (Å²) in [5.74, 6) is -1.50. The Morgan fingerprint density at radius 1 is 0.680 bits per heavy atom. The molecule has 4 aliphatic rings. The van der Waals surface area contributed by atoms with Crippen LogP contribution in [0.1, 0.15) is 81.2 Å². The van der Waals surface area contributed by atoms with Crippen molar-refractivity contribution in [3.63, 3.8) is 0 Å². The zero-order valence-electron chi connectivity index (χ0n) is 55.4. The molecule has 0 aliphatic carbocycles. The molecule has 23 nitrogen and oxygen atoms in total. The molecule has 100 heavy (non-hydrogen) atoms. The molecule has 4 heterocycles. The first-order valence-electron chi connectivity index (χ1n) is 29.5. The second-order valence-corrected chi connectivity index (χ2v) is 32.9. The number of esters is 2. The van der Waals surface area contributed by atoms with Crippen LogP contribution < -0.4 is 41.5 Å². The second kappa shape index (κ2) is 38.1. The maximum Gasteiger partial charge on any atom is 0.490 e. The van der Waals surface area contributed by atoms with E-state index in [9.17, 15) is 32.4 Å². The van der Waals surface area contributed by atoms with Gasteiger partial charge in [0.05, 0.1) is 72.7 Å². The van der Waals surface area contributed by atoms with E-state index in [-0.39, 0.29) is 77.7 Å². The highest BCUT2D eigenvalue weighted by Gasteiger charge is 2.53. The molecule has 4 aliphatic heterocycles. The summed E-state index contributed by atoms with van der Waals surface area (Å²) < 4.78 is 68.9. The minimum Gasteiger partial charge on any atom is -0.506 e. The number of nitrogens with two attached hydrogens (primary N) is 3. The van der Waals surface area contributed by atoms with Crippen LogP contribution in [0.2, 0.25) is 25.1 Å². The van der Waals surface area contributed by atoms with Gasteiger partial charge in [0.25, 0.3) is 17.4 Å². The highest BCUT2D eigenvalue weighted by Crippen LogP contribution is 2.43. The number of benzene rings is 6. The molecule has 3 atom stereocenters. The van der Waals surface area contributed by atoms with E-state index in [2.05, 4.69) is 87.7 Å². The lowest BCUT2D eigenvalue weighted by molar-refractivity contribution is -0.165. The first-order valence-corrected chi connectivity index (χ1v) is 37.9. The Morgan fingerprint density at radius 3 is 1.63 bits per heavy atom. The van der Waals surface area contributed by atoms with Crippen molar-refractivity contribution in [2.75, 3.05) is 60.9 Å². The van der Waals surface area contributed by atoms with Gasteiger partial charge in [-0.15, -0.1) is 0 Å². The molecule has 3 unspecified atom stereocenters. The third-order valence-corrected chi connectivity index (χ3v) is 21.3. The number of aryl methyl sites for hydroxylation is 1. The maximum absolute atomic E-state index is 12.2. The molecule has 0 spiro atoms. The summed E-state index contributed by atoms with van der Waals surface area (Å²) in [7, 11) is -4.11. The first kappa shape index (κ1) is 88.1. The highest BCUT2D eigenvalue weighted by molar-refractivity contribution is 14.1. The number of aliphatic hydroxyl groups excluding tert-OH is 1. The summed E-state index contributed by atoms with van der Waals surface area (Å²) in [4.78, 5) is 57.6. The number of fused-ring (bicyclic) bond motifs is 2. The van der Waals surface area contributed by atoms with Crippen LogP contribution in [-0.2, 0) is 57.6 Å². The Labute approximate surface area is 668 Å². The molecule has 35 heteroatoms. The average molecular weight is 2020 g/mol. The third kappa shape index (κ3) is 24.4. The van der Waals surface area contributed by atoms with Crippen LogP contribution >= 0.6 is 164 Å². The quantitative estimate of drug-likeness (QED) is 0.00923. The fraction of sp³-hybridized carbons (Fsp3) is 0.338. The van der Waals surface area contributed by atoms with Crippen LogP contribution in [-0.4, -0.2) is 120 Å². The van der Waals surface area contributed by atoms with Crippen molar-refractivity contribution in [2.45, 2.75) is 114 Å². The van der Waals surface area contributed by atoms with Crippen LogP contribution in [0.25, 0.3) is 0 Å². The van der Waals surface area contributed by atoms with Gasteiger partial charge in [-0.3, -0.25) is 19.2 Å². The maximum atomic E-state index is 12.2. The summed E-state index contributed by atoms with van der Waals surface area (Å²) in [5, 5.41) is 34.8. The number of hydrogen-bond donors (Lipinski definition) is 8. The lowest BCUT2D eigenvalue weighted by Gasteiger charge is -2.33. The molecule has 2 amide bonds. The molecule has 0 aromatic heterocycles. The van der Waals surface area contributed by atoms with E-state index in [1.54, 1.807) is 74.5 Å². The normalized spacial score (nSPS) is 17.9. The molecule has 11 N–H and O–H groups in total. The fourth-order valence-corrected chi connectivity index (χ4v) is 13.3. The molecule has 0 radical (unpaired) electrons. The van der Waals surface area contributed by atoms with Crippen molar-refractivity contribution < 1.29 is 84.9 Å². The fourth-order valence-electron chi connectivity index (χ4n) is 7.79. The van der Waals surface area contributed by atoms with E-state index >= 15 is 0 Å². The van der Waals surface area contributed by atoms with Gasteiger partial charge in [-0.25, -0.2) is 4.79 Å². The number of aromatic hydroxyl groups is 2. The Kier molecular flexibility index (Phi) is 33.6. The van der Waals surface area contributed by atoms with Gasteiger partial charge >= 0.3 is 29.2 Å². The minimum atomic E-state index is -3.93. The summed E-state index contributed by atoms with van der Waals surface area (Å²) in [6, 6.07) is 23.6. The van der Waals surface area contributed by atoms with Crippen molar-refractivity contribution in [1.29, 1.82) is 0 Å². The first-order chi connectivity index (χ1) is 46.3. The number of nitrogens with one attached hydrogen (secondary N) is 2. The number of carbonyl (C=O) groups excluding carboxylic acids is 5. The lowest BCUT2D eigenvalue weighted by Crippen LogP contribution is -2.55. The number of anilines is 5. The predicted octanol–water partition coefficient (Wildman–Crippen LogP) is 15.3. The van der Waals surface area contributed by atoms with Crippen molar-refractivity contribution in [2.24, 2.45) is 0 Å². The smallest absolute Gasteiger partial charge is 0.490 e. The Balaban J connectivity index is 0.000000252. The van der Waals surface area contributed by atoms with Crippen LogP contribution in [0.4, 0.5) is 28.4 Å². The number of aliphatic hydroxyl groups is 1. The van der Waals surface area contributed by atoms with Crippen molar-refractivity contribution in [3.05, 3.63) is 148 Å². The highest BCUT2D eigenvalue weighted by atomic mass is 127. The topological polar surface area (TPSA) is 356 Å². The van der Waals surface area contributed by atoms with Gasteiger partial charge in [0, 0.05) is 69.7 Å². The van der Waals surface area contributed by atoms with Gasteiger partial charge in [0.2, 0.25) is 5.60 Å². The van der Waals surface area contributed by atoms with Crippen LogP contribution in [0.5, 0.6) is 28.7 Å². The minimum absolute atomic E-state index is 0.0301. The third-order valence-electron chi connectivity index (χ3n) is 14.5. The number of ether oxygens (including phenoxy) is 5. The molecule has 10 rings (SSSR count). The van der Waals surface area contributed by atoms with Gasteiger partial charge in [0.1, 0.15) is 27.9 Å². The van der Waals surface area contributed by atoms with E-state index in [0.717, 1.165) is 29.3 Å². The molecule has 1 fully saturated rings. The number of halogens is 10. The van der Waals surface area contributed by atoms with Crippen molar-refractivity contribution >= 4 is 240 Å². The predicted molar refractivity (Wildman–Crippen MR) is 427 cm³/mol. The SMILES string of the molecule is CC1(C)OB(C2=CCOCC2)OC1(C)C.CC1(CO)Oc2cc(Cl)cc(I)c2NC1=O.CCOC(=O)C(C)(Br)C(C)=O.CCOC(=O)C1(C)Oc2cc(Cl)cc(I)c2NC1=O.Cc1ccc(S(=O)(=O)Oc2cc(Cl)cc(I)c2N)cc1.Nc1c(O)cc(Cl)cc1I.Nc1ccc(Cl)cc1O. The summed E-state index contributed by atoms with van der Waals surface area (Å²) >= 11 is 39.9. The molecule has 6 aromatic rings. The van der Waals surface area contributed by atoms with E-state index in [0.29, 0.717) is 69.5 Å². The van der Waals surface area contributed by atoms with E-state index in [1.807, 2.05) is 74.7 Å². The van der Waals surface area contributed by atoms with E-state index in [4.69, 9.17) is 123 Å². The molecule has 1 saturated heterocycles. The monoisotopic (exact) mass is 2010 g/mol. The standard InChI is InChI=1S/C13H11ClINO3S.C12H11ClINO4.C11H19BO3.C10H9ClINO3.C7H11BrO3.C6H5ClINO.C6H6ClNO/c1-8-2-4-10(5-3-8)20(17,18)19-12-7-9(14)6-11(15)13(12)16;1-3-18-11(17)12(2)10(16)15-9-7(14)4-6(13)5-8(9)19-12;1-10(2)11(3,4)15-12(14-10)9-5-7-13-8-6-9;1-10(4-14)9(15)13-8-6(12)2-5(11)3-7(8)16-10;1-4-11-6(10)7(3,8)5(2)9;7-3-1-4(8)6(9)5(10)2-3;7-4-1-2-5(8)6(9)3-4/h2-7H,16H2,1H3;4-5H,3H2,1-2H3,(H,15,16);5H,6-8H2,1-4H3;2-3,14H,4H2,1H3,(H,13,15);4H2,1-3H3;1-2,10H,9H2;1-3,9H,8H2. The zero-order valence-corrected chi connectivity index (χ0v) is 70.3. The number of Topliss-reactive ketones (excluding diaryl/α,β-unsaturated/α-hetero) is 1. The van der Waals surface area contributed by atoms with Crippen molar-refractivity contribution in [3.8, 4) is 28.7 Å². The number of carbonyl (C=O) groups is 5. The lowest BCUT2D eigenvalue weighted by atomic mass is 9.75. The number of alkyl halides is 1. The van der Waals surface area contributed by atoms with E-state index < -0.39 is 43.5 Å². The Morgan fingerprint density at radius 2 is 1.16 bits per heavy atom. The number of phenolic OH excluding ortho intramolecular Hbond substituents is 2. The summed E-state index contributed by atoms with van der Waals surface area (Å²) in [6.45, 7) is 20.8. The Bertz CT molecular complexity index is 4100. The molecular formula is C65H72BBrCl5I4N5O18S. The van der Waals surface area contributed by atoms with Crippen molar-refractivity contribution in [1.82, 2.24) is 0 Å². The van der Waals surface area contributed by atoms with Gasteiger partial charge < -0.3 is 80.3 Å². The molecule has 544 valence electrons. The summed E-state index contributed by atoms with van der Waals surface area (Å²) in [6.07, 6.45) is 2.99.